The molecule has 14 heavy (non-hydrogen) atoms. The summed E-state index contributed by atoms with van der Waals surface area (Å²) in [5.41, 5.74) is 0.233. The summed E-state index contributed by atoms with van der Waals surface area (Å²) in [4.78, 5) is 10.9. The van der Waals surface area contributed by atoms with E-state index in [1.54, 1.807) is 12.1 Å². The van der Waals surface area contributed by atoms with Gasteiger partial charge in [-0.1, -0.05) is 12.1 Å². The molecule has 0 aliphatic rings. The second-order valence-electron chi connectivity index (χ2n) is 2.66. The standard InChI is InChI=1S/C10H11FO3/c1-13-8-5-3-4-7(6-8)9(11)10(12)14-2/h3-6,9H,1-2H3. The van der Waals surface area contributed by atoms with E-state index in [0.29, 0.717) is 5.75 Å². The van der Waals surface area contributed by atoms with E-state index in [0.717, 1.165) is 7.11 Å². The first-order chi connectivity index (χ1) is 6.69. The van der Waals surface area contributed by atoms with E-state index in [1.807, 2.05) is 0 Å². The molecule has 1 aromatic carbocycles. The number of carbonyl (C=O) groups excluding carboxylic acids is 1. The smallest absolute Gasteiger partial charge is 0.345 e. The van der Waals surface area contributed by atoms with E-state index >= 15 is 0 Å². The maximum absolute atomic E-state index is 13.3. The summed E-state index contributed by atoms with van der Waals surface area (Å²) < 4.78 is 22.5. The molecule has 4 heteroatoms. The second-order valence-corrected chi connectivity index (χ2v) is 2.66. The summed E-state index contributed by atoms with van der Waals surface area (Å²) in [5, 5.41) is 0. The molecule has 0 aliphatic carbocycles. The van der Waals surface area contributed by atoms with Gasteiger partial charge in [-0.25, -0.2) is 9.18 Å². The van der Waals surface area contributed by atoms with Gasteiger partial charge in [0, 0.05) is 5.56 Å². The highest BCUT2D eigenvalue weighted by molar-refractivity contribution is 5.76. The van der Waals surface area contributed by atoms with Crippen LogP contribution < -0.4 is 4.74 Å². The second kappa shape index (κ2) is 4.60. The van der Waals surface area contributed by atoms with Crippen molar-refractivity contribution in [3.8, 4) is 5.75 Å². The highest BCUT2D eigenvalue weighted by Crippen LogP contribution is 2.22. The van der Waals surface area contributed by atoms with Crippen LogP contribution in [0.15, 0.2) is 24.3 Å². The topological polar surface area (TPSA) is 35.5 Å². The Bertz CT molecular complexity index is 325. The van der Waals surface area contributed by atoms with E-state index in [1.165, 1.54) is 19.2 Å². The molecule has 1 unspecified atom stereocenters. The van der Waals surface area contributed by atoms with Crippen molar-refractivity contribution in [3.05, 3.63) is 29.8 Å². The lowest BCUT2D eigenvalue weighted by Crippen LogP contribution is -2.09. The molecule has 0 fully saturated rings. The van der Waals surface area contributed by atoms with Crippen LogP contribution in [0, 0.1) is 0 Å². The number of ether oxygens (including phenoxy) is 2. The minimum atomic E-state index is -1.75. The average Bonchev–Trinajstić information content (AvgIpc) is 2.27. The van der Waals surface area contributed by atoms with Crippen molar-refractivity contribution in [2.75, 3.05) is 14.2 Å². The minimum absolute atomic E-state index is 0.233. The van der Waals surface area contributed by atoms with Crippen LogP contribution >= 0.6 is 0 Å². The van der Waals surface area contributed by atoms with Crippen LogP contribution in [0.4, 0.5) is 4.39 Å². The number of benzene rings is 1. The van der Waals surface area contributed by atoms with Crippen molar-refractivity contribution >= 4 is 5.97 Å². The van der Waals surface area contributed by atoms with Crippen LogP contribution in [-0.2, 0) is 9.53 Å². The first-order valence-corrected chi connectivity index (χ1v) is 4.05. The van der Waals surface area contributed by atoms with Crippen molar-refractivity contribution < 1.29 is 18.7 Å². The zero-order valence-corrected chi connectivity index (χ0v) is 7.99. The molecule has 0 radical (unpaired) electrons. The Kier molecular flexibility index (Phi) is 3.45. The van der Waals surface area contributed by atoms with Gasteiger partial charge in [0.05, 0.1) is 14.2 Å². The van der Waals surface area contributed by atoms with Gasteiger partial charge in [0.25, 0.3) is 0 Å². The number of carbonyl (C=O) groups is 1. The predicted octanol–water partition coefficient (Wildman–Crippen LogP) is 1.88. The van der Waals surface area contributed by atoms with Crippen molar-refractivity contribution in [2.45, 2.75) is 6.17 Å². The Balaban J connectivity index is 2.89. The first kappa shape index (κ1) is 10.5. The maximum atomic E-state index is 13.3. The number of alkyl halides is 1. The van der Waals surface area contributed by atoms with Gasteiger partial charge < -0.3 is 9.47 Å². The van der Waals surface area contributed by atoms with E-state index in [4.69, 9.17) is 4.74 Å². The van der Waals surface area contributed by atoms with Gasteiger partial charge in [-0.2, -0.15) is 0 Å². The summed E-state index contributed by atoms with van der Waals surface area (Å²) in [6.45, 7) is 0. The maximum Gasteiger partial charge on any atom is 0.345 e. The lowest BCUT2D eigenvalue weighted by molar-refractivity contribution is -0.146. The molecule has 0 aliphatic heterocycles. The summed E-state index contributed by atoms with van der Waals surface area (Å²) in [5.74, 6) is -0.396. The van der Waals surface area contributed by atoms with Crippen LogP contribution in [0.25, 0.3) is 0 Å². The van der Waals surface area contributed by atoms with E-state index < -0.39 is 12.1 Å². The number of halogens is 1. The third kappa shape index (κ3) is 2.22. The third-order valence-corrected chi connectivity index (χ3v) is 1.79. The Labute approximate surface area is 81.4 Å². The van der Waals surface area contributed by atoms with Gasteiger partial charge in [0.1, 0.15) is 5.75 Å². The highest BCUT2D eigenvalue weighted by atomic mass is 19.1. The molecule has 1 atom stereocenters. The fourth-order valence-electron chi connectivity index (χ4n) is 1.04. The monoisotopic (exact) mass is 198 g/mol. The van der Waals surface area contributed by atoms with Crippen molar-refractivity contribution in [3.63, 3.8) is 0 Å². The van der Waals surface area contributed by atoms with Crippen molar-refractivity contribution in [1.29, 1.82) is 0 Å². The quantitative estimate of drug-likeness (QED) is 0.695. The molecule has 76 valence electrons. The van der Waals surface area contributed by atoms with Crippen molar-refractivity contribution in [1.82, 2.24) is 0 Å². The molecule has 0 aromatic heterocycles. The number of hydrogen-bond acceptors (Lipinski definition) is 3. The van der Waals surface area contributed by atoms with Gasteiger partial charge in [0.15, 0.2) is 0 Å². The molecule has 0 spiro atoms. The Morgan fingerprint density at radius 2 is 2.14 bits per heavy atom. The molecule has 3 nitrogen and oxygen atoms in total. The lowest BCUT2D eigenvalue weighted by atomic mass is 10.1. The number of methoxy groups -OCH3 is 2. The van der Waals surface area contributed by atoms with Gasteiger partial charge in [0.2, 0.25) is 6.17 Å². The molecule has 0 heterocycles. The zero-order chi connectivity index (χ0) is 10.6. The van der Waals surface area contributed by atoms with Gasteiger partial charge in [-0.05, 0) is 12.1 Å². The van der Waals surface area contributed by atoms with Crippen LogP contribution in [0.5, 0.6) is 5.75 Å². The van der Waals surface area contributed by atoms with Crippen LogP contribution in [0.1, 0.15) is 11.7 Å². The summed E-state index contributed by atoms with van der Waals surface area (Å²) in [7, 11) is 2.62. The molecule has 0 saturated carbocycles. The van der Waals surface area contributed by atoms with Gasteiger partial charge in [-0.15, -0.1) is 0 Å². The molecular formula is C10H11FO3. The van der Waals surface area contributed by atoms with Crippen LogP contribution in [0.3, 0.4) is 0 Å². The lowest BCUT2D eigenvalue weighted by Gasteiger charge is -2.07. The molecule has 1 rings (SSSR count). The summed E-state index contributed by atoms with van der Waals surface area (Å²) >= 11 is 0. The molecule has 0 saturated heterocycles. The highest BCUT2D eigenvalue weighted by Gasteiger charge is 2.20. The normalized spacial score (nSPS) is 11.9. The molecule has 1 aromatic rings. The fourth-order valence-corrected chi connectivity index (χ4v) is 1.04. The molecular weight excluding hydrogens is 187 g/mol. The molecule has 0 N–H and O–H groups in total. The molecule has 0 amide bonds. The SMILES string of the molecule is COC(=O)C(F)c1cccc(OC)c1. The Morgan fingerprint density at radius 3 is 2.71 bits per heavy atom. The minimum Gasteiger partial charge on any atom is -0.497 e. The number of rotatable bonds is 3. The van der Waals surface area contributed by atoms with Crippen molar-refractivity contribution in [2.24, 2.45) is 0 Å². The van der Waals surface area contributed by atoms with Crippen LogP contribution in [0.2, 0.25) is 0 Å². The predicted molar refractivity (Wildman–Crippen MR) is 48.9 cm³/mol. The number of hydrogen-bond donors (Lipinski definition) is 0. The van der Waals surface area contributed by atoms with Crippen LogP contribution in [-0.4, -0.2) is 20.2 Å². The van der Waals surface area contributed by atoms with E-state index in [9.17, 15) is 9.18 Å². The Hall–Kier alpha value is -1.58. The molecule has 0 bridgehead atoms. The summed E-state index contributed by atoms with van der Waals surface area (Å²) in [6, 6.07) is 6.25. The fraction of sp³-hybridized carbons (Fsp3) is 0.300. The average molecular weight is 198 g/mol. The summed E-state index contributed by atoms with van der Waals surface area (Å²) in [6.07, 6.45) is -1.75. The third-order valence-electron chi connectivity index (χ3n) is 1.79. The van der Waals surface area contributed by atoms with E-state index in [-0.39, 0.29) is 5.56 Å². The van der Waals surface area contributed by atoms with Gasteiger partial charge >= 0.3 is 5.97 Å². The zero-order valence-electron chi connectivity index (χ0n) is 7.99. The van der Waals surface area contributed by atoms with E-state index in [2.05, 4.69) is 4.74 Å². The first-order valence-electron chi connectivity index (χ1n) is 4.05. The number of esters is 1. The largest absolute Gasteiger partial charge is 0.497 e. The van der Waals surface area contributed by atoms with Gasteiger partial charge in [-0.3, -0.25) is 0 Å². The Morgan fingerprint density at radius 1 is 1.43 bits per heavy atom.